The predicted molar refractivity (Wildman–Crippen MR) is 43.2 cm³/mol. The first kappa shape index (κ1) is 8.88. The highest BCUT2D eigenvalue weighted by atomic mass is 16.5. The van der Waals surface area contributed by atoms with Gasteiger partial charge in [-0.1, -0.05) is 0 Å². The number of nitrogens with zero attached hydrogens (tertiary/aromatic N) is 2. The molecule has 0 saturated carbocycles. The van der Waals surface area contributed by atoms with Crippen LogP contribution in [-0.2, 0) is 4.74 Å². The maximum absolute atomic E-state index is 4.95. The standard InChI is InChI=1S/C7H12N2O/c1-4-7(3)10-6-9-8-5-2/h4-6H,1-3H3/b7-4+,8-5-,9-6-. The molecule has 0 N–H and O–H groups in total. The van der Waals surface area contributed by atoms with Crippen molar-refractivity contribution < 1.29 is 4.74 Å². The largest absolute Gasteiger partial charge is 0.449 e. The molecule has 56 valence electrons. The molecule has 0 spiro atoms. The lowest BCUT2D eigenvalue weighted by atomic mass is 10.5. The van der Waals surface area contributed by atoms with Crippen molar-refractivity contribution in [3.63, 3.8) is 0 Å². The minimum Gasteiger partial charge on any atom is -0.449 e. The molecule has 0 aromatic carbocycles. The van der Waals surface area contributed by atoms with Crippen molar-refractivity contribution in [2.75, 3.05) is 0 Å². The molecular weight excluding hydrogens is 128 g/mol. The number of rotatable bonds is 3. The summed E-state index contributed by atoms with van der Waals surface area (Å²) in [6.45, 7) is 5.54. The Morgan fingerprint density at radius 3 is 2.50 bits per heavy atom. The zero-order valence-corrected chi connectivity index (χ0v) is 6.53. The first-order valence-corrected chi connectivity index (χ1v) is 3.10. The van der Waals surface area contributed by atoms with Gasteiger partial charge in [-0.3, -0.25) is 0 Å². The Hall–Kier alpha value is -1.12. The smallest absolute Gasteiger partial charge is 0.201 e. The Morgan fingerprint density at radius 2 is 2.00 bits per heavy atom. The third-order valence-corrected chi connectivity index (χ3v) is 0.874. The van der Waals surface area contributed by atoms with E-state index in [1.165, 1.54) is 6.40 Å². The van der Waals surface area contributed by atoms with E-state index in [1.54, 1.807) is 13.1 Å². The van der Waals surface area contributed by atoms with Gasteiger partial charge < -0.3 is 4.74 Å². The van der Waals surface area contributed by atoms with Gasteiger partial charge in [0.2, 0.25) is 6.40 Å². The zero-order valence-electron chi connectivity index (χ0n) is 6.53. The van der Waals surface area contributed by atoms with Crippen LogP contribution in [0.5, 0.6) is 0 Å². The quantitative estimate of drug-likeness (QED) is 0.255. The molecule has 0 atom stereocenters. The van der Waals surface area contributed by atoms with Crippen LogP contribution >= 0.6 is 0 Å². The van der Waals surface area contributed by atoms with Crippen molar-refractivity contribution in [1.29, 1.82) is 0 Å². The van der Waals surface area contributed by atoms with E-state index in [4.69, 9.17) is 4.74 Å². The second-order valence-electron chi connectivity index (χ2n) is 1.61. The summed E-state index contributed by atoms with van der Waals surface area (Å²) in [5.41, 5.74) is 0. The van der Waals surface area contributed by atoms with Crippen LogP contribution in [0.25, 0.3) is 0 Å². The van der Waals surface area contributed by atoms with Gasteiger partial charge in [-0.25, -0.2) is 0 Å². The molecule has 10 heavy (non-hydrogen) atoms. The third kappa shape index (κ3) is 5.03. The molecule has 0 unspecified atom stereocenters. The molecule has 0 aliphatic rings. The molecule has 0 amide bonds. The maximum atomic E-state index is 4.95. The number of ether oxygens (including phenoxy) is 1. The number of hydrogen-bond acceptors (Lipinski definition) is 3. The van der Waals surface area contributed by atoms with E-state index in [2.05, 4.69) is 10.2 Å². The van der Waals surface area contributed by atoms with Gasteiger partial charge in [0.25, 0.3) is 0 Å². The lowest BCUT2D eigenvalue weighted by Gasteiger charge is -1.93. The molecule has 0 bridgehead atoms. The van der Waals surface area contributed by atoms with Gasteiger partial charge in [0.15, 0.2) is 0 Å². The van der Waals surface area contributed by atoms with E-state index in [0.717, 1.165) is 5.76 Å². The van der Waals surface area contributed by atoms with Gasteiger partial charge in [-0.05, 0) is 26.8 Å². The summed E-state index contributed by atoms with van der Waals surface area (Å²) in [6, 6.07) is 0. The van der Waals surface area contributed by atoms with E-state index in [0.29, 0.717) is 0 Å². The zero-order chi connectivity index (χ0) is 7.82. The van der Waals surface area contributed by atoms with Crippen LogP contribution in [0.3, 0.4) is 0 Å². The Morgan fingerprint density at radius 1 is 1.30 bits per heavy atom. The van der Waals surface area contributed by atoms with Crippen LogP contribution in [0.1, 0.15) is 20.8 Å². The summed E-state index contributed by atoms with van der Waals surface area (Å²) in [6.07, 6.45) is 4.74. The normalized spacial score (nSPS) is 13.3. The average Bonchev–Trinajstić information content (AvgIpc) is 1.98. The third-order valence-electron chi connectivity index (χ3n) is 0.874. The molecule has 3 heteroatoms. The maximum Gasteiger partial charge on any atom is 0.201 e. The first-order chi connectivity index (χ1) is 4.81. The van der Waals surface area contributed by atoms with E-state index in [-0.39, 0.29) is 0 Å². The van der Waals surface area contributed by atoms with Gasteiger partial charge >= 0.3 is 0 Å². The fourth-order valence-corrected chi connectivity index (χ4v) is 0.269. The summed E-state index contributed by atoms with van der Waals surface area (Å²) in [5, 5.41) is 7.13. The molecule has 0 aliphatic carbocycles. The van der Waals surface area contributed by atoms with Crippen LogP contribution in [0, 0.1) is 0 Å². The molecule has 0 fully saturated rings. The van der Waals surface area contributed by atoms with Gasteiger partial charge in [0, 0.05) is 6.21 Å². The highest BCUT2D eigenvalue weighted by molar-refractivity contribution is 5.55. The van der Waals surface area contributed by atoms with E-state index < -0.39 is 0 Å². The summed E-state index contributed by atoms with van der Waals surface area (Å²) in [7, 11) is 0. The molecule has 0 aromatic rings. The van der Waals surface area contributed by atoms with Crippen molar-refractivity contribution in [2.45, 2.75) is 20.8 Å². The predicted octanol–water partition coefficient (Wildman–Crippen LogP) is 1.96. The van der Waals surface area contributed by atoms with Crippen molar-refractivity contribution in [1.82, 2.24) is 0 Å². The van der Waals surface area contributed by atoms with Crippen LogP contribution < -0.4 is 0 Å². The van der Waals surface area contributed by atoms with Crippen molar-refractivity contribution in [2.24, 2.45) is 10.2 Å². The van der Waals surface area contributed by atoms with Gasteiger partial charge in [0.1, 0.15) is 0 Å². The lowest BCUT2D eigenvalue weighted by Crippen LogP contribution is -1.82. The van der Waals surface area contributed by atoms with Crippen molar-refractivity contribution in [3.8, 4) is 0 Å². The molecule has 0 rings (SSSR count). The Kier molecular flexibility index (Phi) is 5.33. The molecule has 3 nitrogen and oxygen atoms in total. The van der Waals surface area contributed by atoms with Crippen molar-refractivity contribution in [3.05, 3.63) is 11.8 Å². The molecule has 0 aromatic heterocycles. The first-order valence-electron chi connectivity index (χ1n) is 3.10. The van der Waals surface area contributed by atoms with Gasteiger partial charge in [-0.2, -0.15) is 5.10 Å². The highest BCUT2D eigenvalue weighted by Crippen LogP contribution is 1.90. The minimum atomic E-state index is 0.815. The van der Waals surface area contributed by atoms with Gasteiger partial charge in [0.05, 0.1) is 5.76 Å². The van der Waals surface area contributed by atoms with Crippen LogP contribution in [0.15, 0.2) is 22.0 Å². The molecule has 0 radical (unpaired) electrons. The fraction of sp³-hybridized carbons (Fsp3) is 0.429. The molecule has 0 heterocycles. The topological polar surface area (TPSA) is 34.0 Å². The van der Waals surface area contributed by atoms with E-state index >= 15 is 0 Å². The fourth-order valence-electron chi connectivity index (χ4n) is 0.269. The average molecular weight is 140 g/mol. The molecule has 0 saturated heterocycles. The molecule has 0 aliphatic heterocycles. The highest BCUT2D eigenvalue weighted by Gasteiger charge is 1.78. The van der Waals surface area contributed by atoms with Crippen LogP contribution in [-0.4, -0.2) is 12.6 Å². The Labute approximate surface area is 61.1 Å². The summed E-state index contributed by atoms with van der Waals surface area (Å²) in [5.74, 6) is 0.815. The second kappa shape index (κ2) is 6.01. The summed E-state index contributed by atoms with van der Waals surface area (Å²) in [4.78, 5) is 0. The van der Waals surface area contributed by atoms with Gasteiger partial charge in [-0.15, -0.1) is 5.10 Å². The van der Waals surface area contributed by atoms with E-state index in [9.17, 15) is 0 Å². The summed E-state index contributed by atoms with van der Waals surface area (Å²) >= 11 is 0. The second-order valence-corrected chi connectivity index (χ2v) is 1.61. The SMILES string of the molecule is C/C=N\N=C/O/C(C)=C/C. The minimum absolute atomic E-state index is 0.815. The Bertz CT molecular complexity index is 159. The lowest BCUT2D eigenvalue weighted by molar-refractivity contribution is 0.433. The molecular formula is C7H12N2O. The Balaban J connectivity index is 3.53. The van der Waals surface area contributed by atoms with Crippen LogP contribution in [0.2, 0.25) is 0 Å². The van der Waals surface area contributed by atoms with Crippen LogP contribution in [0.4, 0.5) is 0 Å². The monoisotopic (exact) mass is 140 g/mol. The summed E-state index contributed by atoms with van der Waals surface area (Å²) < 4.78 is 4.95. The number of allylic oxidation sites excluding steroid dienone is 2. The number of hydrogen-bond donors (Lipinski definition) is 0. The van der Waals surface area contributed by atoms with E-state index in [1.807, 2.05) is 19.9 Å². The van der Waals surface area contributed by atoms with Crippen molar-refractivity contribution >= 4 is 12.6 Å².